The summed E-state index contributed by atoms with van der Waals surface area (Å²) in [4.78, 5) is 4.36. The maximum atomic E-state index is 5.92. The quantitative estimate of drug-likeness (QED) is 0.577. The summed E-state index contributed by atoms with van der Waals surface area (Å²) in [6, 6.07) is 0.470. The maximum absolute atomic E-state index is 5.92. The Bertz CT molecular complexity index is 297. The molecule has 0 bridgehead atoms. The Kier molecular flexibility index (Phi) is 3.61. The number of rotatable bonds is 4. The molecule has 3 N–H and O–H groups in total. The number of hydrogen-bond donors (Lipinski definition) is 2. The van der Waals surface area contributed by atoms with E-state index in [1.807, 2.05) is 7.11 Å². The van der Waals surface area contributed by atoms with Crippen molar-refractivity contribution in [1.82, 2.24) is 5.32 Å². The molecule has 2 saturated carbocycles. The third-order valence-corrected chi connectivity index (χ3v) is 4.30. The van der Waals surface area contributed by atoms with E-state index in [1.54, 1.807) is 0 Å². The van der Waals surface area contributed by atoms with Crippen molar-refractivity contribution in [3.05, 3.63) is 0 Å². The Morgan fingerprint density at radius 2 is 2.24 bits per heavy atom. The normalized spacial score (nSPS) is 31.2. The zero-order valence-electron chi connectivity index (χ0n) is 11.2. The Balaban J connectivity index is 1.86. The van der Waals surface area contributed by atoms with E-state index in [0.29, 0.717) is 29.4 Å². The fraction of sp³-hybridized carbons (Fsp3) is 0.923. The van der Waals surface area contributed by atoms with Crippen LogP contribution >= 0.6 is 0 Å². The number of nitrogens with two attached hydrogens (primary N) is 1. The summed E-state index contributed by atoms with van der Waals surface area (Å²) in [5, 5.41) is 3.38. The topological polar surface area (TPSA) is 59.6 Å². The fourth-order valence-corrected chi connectivity index (χ4v) is 3.04. The van der Waals surface area contributed by atoms with Gasteiger partial charge in [0.2, 0.25) is 0 Å². The van der Waals surface area contributed by atoms with Gasteiger partial charge in [-0.3, -0.25) is 4.99 Å². The van der Waals surface area contributed by atoms with Gasteiger partial charge in [0, 0.05) is 25.1 Å². The summed E-state index contributed by atoms with van der Waals surface area (Å²) in [6.45, 7) is 5.09. The lowest BCUT2D eigenvalue weighted by Gasteiger charge is -2.60. The molecule has 0 radical (unpaired) electrons. The van der Waals surface area contributed by atoms with E-state index >= 15 is 0 Å². The van der Waals surface area contributed by atoms with Crippen LogP contribution in [-0.4, -0.2) is 31.8 Å². The minimum atomic E-state index is 0.354. The number of nitrogens with one attached hydrogen (secondary N) is 1. The van der Waals surface area contributed by atoms with Gasteiger partial charge in [0.25, 0.3) is 0 Å². The van der Waals surface area contributed by atoms with E-state index in [-0.39, 0.29) is 0 Å². The van der Waals surface area contributed by atoms with Gasteiger partial charge in [0.15, 0.2) is 5.96 Å². The SMILES string of the molecule is COC1CC(NC(N)=NCC(C)C)C12CCC2. The fourth-order valence-electron chi connectivity index (χ4n) is 3.04. The summed E-state index contributed by atoms with van der Waals surface area (Å²) in [5.41, 5.74) is 6.27. The summed E-state index contributed by atoms with van der Waals surface area (Å²) in [6.07, 6.45) is 5.34. The van der Waals surface area contributed by atoms with E-state index in [9.17, 15) is 0 Å². The number of guanidine groups is 1. The lowest BCUT2D eigenvalue weighted by Crippen LogP contribution is -2.68. The van der Waals surface area contributed by atoms with Gasteiger partial charge in [-0.05, 0) is 25.2 Å². The highest BCUT2D eigenvalue weighted by molar-refractivity contribution is 5.78. The number of hydrogen-bond acceptors (Lipinski definition) is 2. The molecular formula is C13H25N3O. The van der Waals surface area contributed by atoms with Crippen LogP contribution in [0.2, 0.25) is 0 Å². The Labute approximate surface area is 104 Å². The van der Waals surface area contributed by atoms with Crippen LogP contribution in [0.4, 0.5) is 0 Å². The van der Waals surface area contributed by atoms with Crippen molar-refractivity contribution >= 4 is 5.96 Å². The molecule has 4 nitrogen and oxygen atoms in total. The molecule has 2 atom stereocenters. The zero-order chi connectivity index (χ0) is 12.5. The van der Waals surface area contributed by atoms with Crippen LogP contribution in [0, 0.1) is 11.3 Å². The second-order valence-corrected chi connectivity index (χ2v) is 5.86. The Hall–Kier alpha value is -0.770. The molecule has 2 fully saturated rings. The minimum absolute atomic E-state index is 0.354. The maximum Gasteiger partial charge on any atom is 0.188 e. The Morgan fingerprint density at radius 1 is 1.53 bits per heavy atom. The number of methoxy groups -OCH3 is 1. The molecule has 2 aliphatic rings. The predicted octanol–water partition coefficient (Wildman–Crippen LogP) is 1.50. The Morgan fingerprint density at radius 3 is 2.71 bits per heavy atom. The van der Waals surface area contributed by atoms with Crippen molar-refractivity contribution in [2.45, 2.75) is 51.7 Å². The highest BCUT2D eigenvalue weighted by Gasteiger charge is 2.58. The molecule has 2 aliphatic carbocycles. The van der Waals surface area contributed by atoms with Crippen LogP contribution in [0.3, 0.4) is 0 Å². The molecule has 0 heterocycles. The van der Waals surface area contributed by atoms with Gasteiger partial charge in [0.05, 0.1) is 6.10 Å². The molecule has 1 spiro atoms. The summed E-state index contributed by atoms with van der Waals surface area (Å²) in [5.74, 6) is 1.16. The largest absolute Gasteiger partial charge is 0.381 e. The van der Waals surface area contributed by atoms with Gasteiger partial charge in [0.1, 0.15) is 0 Å². The van der Waals surface area contributed by atoms with E-state index in [1.165, 1.54) is 19.3 Å². The summed E-state index contributed by atoms with van der Waals surface area (Å²) < 4.78 is 5.53. The van der Waals surface area contributed by atoms with Crippen molar-refractivity contribution < 1.29 is 4.74 Å². The molecule has 0 amide bonds. The molecule has 0 aliphatic heterocycles. The highest BCUT2D eigenvalue weighted by Crippen LogP contribution is 2.56. The highest BCUT2D eigenvalue weighted by atomic mass is 16.5. The number of aliphatic imine (C=N–C) groups is 1. The summed E-state index contributed by atoms with van der Waals surface area (Å²) in [7, 11) is 1.82. The van der Waals surface area contributed by atoms with Gasteiger partial charge in [-0.25, -0.2) is 0 Å². The lowest BCUT2D eigenvalue weighted by molar-refractivity contribution is -0.156. The first kappa shape index (κ1) is 12.7. The smallest absolute Gasteiger partial charge is 0.188 e. The van der Waals surface area contributed by atoms with E-state index < -0.39 is 0 Å². The van der Waals surface area contributed by atoms with Crippen LogP contribution < -0.4 is 11.1 Å². The van der Waals surface area contributed by atoms with Crippen LogP contribution in [-0.2, 0) is 4.74 Å². The van der Waals surface area contributed by atoms with Crippen LogP contribution in [0.25, 0.3) is 0 Å². The molecule has 0 aromatic rings. The molecular weight excluding hydrogens is 214 g/mol. The molecule has 17 heavy (non-hydrogen) atoms. The average Bonchev–Trinajstić information content (AvgIpc) is 2.18. The number of nitrogens with zero attached hydrogens (tertiary/aromatic N) is 1. The monoisotopic (exact) mass is 239 g/mol. The molecule has 2 rings (SSSR count). The van der Waals surface area contributed by atoms with Gasteiger partial charge in [-0.1, -0.05) is 20.3 Å². The van der Waals surface area contributed by atoms with Gasteiger partial charge < -0.3 is 15.8 Å². The molecule has 0 aromatic carbocycles. The van der Waals surface area contributed by atoms with Crippen molar-refractivity contribution in [1.29, 1.82) is 0 Å². The molecule has 98 valence electrons. The second kappa shape index (κ2) is 4.84. The van der Waals surface area contributed by atoms with Crippen LogP contribution in [0.15, 0.2) is 4.99 Å². The molecule has 0 saturated heterocycles. The third-order valence-electron chi connectivity index (χ3n) is 4.30. The van der Waals surface area contributed by atoms with Crippen LogP contribution in [0.1, 0.15) is 39.5 Å². The third kappa shape index (κ3) is 2.28. The standard InChI is InChI=1S/C13H25N3O/c1-9(2)8-15-12(14)16-10-7-11(17-3)13(10)5-4-6-13/h9-11H,4-8H2,1-3H3,(H3,14,15,16). The first-order chi connectivity index (χ1) is 8.08. The van der Waals surface area contributed by atoms with E-state index in [2.05, 4.69) is 24.2 Å². The van der Waals surface area contributed by atoms with Crippen molar-refractivity contribution in [3.63, 3.8) is 0 Å². The molecule has 2 unspecified atom stereocenters. The average molecular weight is 239 g/mol. The van der Waals surface area contributed by atoms with E-state index in [4.69, 9.17) is 10.5 Å². The minimum Gasteiger partial charge on any atom is -0.381 e. The van der Waals surface area contributed by atoms with Crippen molar-refractivity contribution in [3.8, 4) is 0 Å². The van der Waals surface area contributed by atoms with Crippen molar-refractivity contribution in [2.24, 2.45) is 22.1 Å². The van der Waals surface area contributed by atoms with Gasteiger partial charge >= 0.3 is 0 Å². The summed E-state index contributed by atoms with van der Waals surface area (Å²) >= 11 is 0. The van der Waals surface area contributed by atoms with Gasteiger partial charge in [-0.2, -0.15) is 0 Å². The van der Waals surface area contributed by atoms with E-state index in [0.717, 1.165) is 13.0 Å². The van der Waals surface area contributed by atoms with Gasteiger partial charge in [-0.15, -0.1) is 0 Å². The number of ether oxygens (including phenoxy) is 1. The first-order valence-electron chi connectivity index (χ1n) is 6.68. The molecule has 0 aromatic heterocycles. The van der Waals surface area contributed by atoms with Crippen molar-refractivity contribution in [2.75, 3.05) is 13.7 Å². The first-order valence-corrected chi connectivity index (χ1v) is 6.68. The predicted molar refractivity (Wildman–Crippen MR) is 69.9 cm³/mol. The second-order valence-electron chi connectivity index (χ2n) is 5.86. The van der Waals surface area contributed by atoms with Crippen LogP contribution in [0.5, 0.6) is 0 Å². The molecule has 4 heteroatoms. The lowest BCUT2D eigenvalue weighted by atomic mass is 9.51. The zero-order valence-corrected chi connectivity index (χ0v) is 11.2.